The van der Waals surface area contributed by atoms with Crippen LogP contribution in [0.25, 0.3) is 0 Å². The first-order chi connectivity index (χ1) is 10.4. The second kappa shape index (κ2) is 8.24. The summed E-state index contributed by atoms with van der Waals surface area (Å²) in [4.78, 5) is 37.8. The Labute approximate surface area is 127 Å². The lowest BCUT2D eigenvalue weighted by atomic mass is 10.3. The largest absolute Gasteiger partial charge is 0.395 e. The van der Waals surface area contributed by atoms with Crippen molar-refractivity contribution in [3.05, 3.63) is 0 Å². The minimum atomic E-state index is -0.781. The van der Waals surface area contributed by atoms with Crippen LogP contribution in [0, 0.1) is 0 Å². The Morgan fingerprint density at radius 3 is 1.64 bits per heavy atom. The zero-order chi connectivity index (χ0) is 16.7. The van der Waals surface area contributed by atoms with E-state index in [-0.39, 0.29) is 32.3 Å². The molecule has 0 radical (unpaired) electrons. The molecule has 1 aliphatic heterocycles. The molecule has 1 rings (SSSR count). The maximum absolute atomic E-state index is 11.9. The Bertz CT molecular complexity index is 384. The van der Waals surface area contributed by atoms with Gasteiger partial charge < -0.3 is 41.3 Å². The van der Waals surface area contributed by atoms with E-state index in [1.807, 2.05) is 0 Å². The zero-order valence-corrected chi connectivity index (χ0v) is 12.5. The zero-order valence-electron chi connectivity index (χ0n) is 12.5. The van der Waals surface area contributed by atoms with Gasteiger partial charge in [-0.1, -0.05) is 0 Å². The average Bonchev–Trinajstić information content (AvgIpc) is 2.69. The van der Waals surface area contributed by atoms with Crippen molar-refractivity contribution in [2.75, 3.05) is 40.4 Å². The van der Waals surface area contributed by atoms with Gasteiger partial charge in [0.25, 0.3) is 0 Å². The van der Waals surface area contributed by atoms with Crippen LogP contribution in [0.3, 0.4) is 0 Å². The van der Waals surface area contributed by atoms with Gasteiger partial charge in [-0.25, -0.2) is 14.4 Å². The molecule has 22 heavy (non-hydrogen) atoms. The Morgan fingerprint density at radius 1 is 0.955 bits per heavy atom. The molecule has 0 aromatic rings. The van der Waals surface area contributed by atoms with E-state index in [1.165, 1.54) is 23.9 Å². The maximum Gasteiger partial charge on any atom is 0.323 e. The Hall–Kier alpha value is -2.27. The van der Waals surface area contributed by atoms with Crippen LogP contribution in [0.5, 0.6) is 0 Å². The highest BCUT2D eigenvalue weighted by atomic mass is 16.3. The van der Waals surface area contributed by atoms with Crippen molar-refractivity contribution in [2.45, 2.75) is 12.3 Å². The van der Waals surface area contributed by atoms with E-state index < -0.39 is 24.4 Å². The van der Waals surface area contributed by atoms with Crippen LogP contribution in [-0.4, -0.2) is 90.8 Å². The highest BCUT2D eigenvalue weighted by molar-refractivity contribution is 5.82. The SMILES string of the molecule is CN1C(=O)N(C)[C@@H](NC(=O)NCCO)[C@@H]1NC(=O)NCCO. The lowest BCUT2D eigenvalue weighted by Crippen LogP contribution is -2.59. The molecule has 6 amide bonds. The van der Waals surface area contributed by atoms with Gasteiger partial charge >= 0.3 is 18.1 Å². The van der Waals surface area contributed by atoms with Gasteiger partial charge in [-0.3, -0.25) is 0 Å². The summed E-state index contributed by atoms with van der Waals surface area (Å²) >= 11 is 0. The molecule has 126 valence electrons. The number of likely N-dealkylation sites (N-methyl/N-ethyl adjacent to an activating group) is 2. The van der Waals surface area contributed by atoms with E-state index in [9.17, 15) is 14.4 Å². The number of hydrogen-bond donors (Lipinski definition) is 6. The first-order valence-corrected chi connectivity index (χ1v) is 6.72. The number of rotatable bonds is 6. The lowest BCUT2D eigenvalue weighted by Gasteiger charge is -2.26. The molecular formula is C11H22N6O5. The molecule has 1 saturated heterocycles. The van der Waals surface area contributed by atoms with Crippen molar-refractivity contribution in [3.63, 3.8) is 0 Å². The molecule has 11 nitrogen and oxygen atoms in total. The molecule has 1 fully saturated rings. The Morgan fingerprint density at radius 2 is 1.32 bits per heavy atom. The number of carbonyl (C=O) groups excluding carboxylic acids is 3. The van der Waals surface area contributed by atoms with Gasteiger partial charge in [0.2, 0.25) is 0 Å². The molecule has 0 spiro atoms. The molecule has 2 atom stereocenters. The monoisotopic (exact) mass is 318 g/mol. The van der Waals surface area contributed by atoms with Gasteiger partial charge in [-0.2, -0.15) is 0 Å². The number of nitrogens with one attached hydrogen (secondary N) is 4. The first-order valence-electron chi connectivity index (χ1n) is 6.72. The molecule has 0 saturated carbocycles. The summed E-state index contributed by atoms with van der Waals surface area (Å²) in [6, 6.07) is -1.52. The minimum absolute atomic E-state index is 0.0706. The van der Waals surface area contributed by atoms with Crippen molar-refractivity contribution in [3.8, 4) is 0 Å². The van der Waals surface area contributed by atoms with Crippen LogP contribution in [0.15, 0.2) is 0 Å². The van der Waals surface area contributed by atoms with Crippen molar-refractivity contribution in [1.29, 1.82) is 0 Å². The van der Waals surface area contributed by atoms with Gasteiger partial charge in [0, 0.05) is 27.2 Å². The first kappa shape index (κ1) is 17.8. The van der Waals surface area contributed by atoms with Crippen LogP contribution in [0.1, 0.15) is 0 Å². The summed E-state index contributed by atoms with van der Waals surface area (Å²) in [5.74, 6) is 0. The van der Waals surface area contributed by atoms with Crippen LogP contribution in [-0.2, 0) is 0 Å². The summed E-state index contributed by atoms with van der Waals surface area (Å²) in [6.07, 6.45) is -1.56. The quantitative estimate of drug-likeness (QED) is 0.314. The van der Waals surface area contributed by atoms with Crippen LogP contribution >= 0.6 is 0 Å². The third kappa shape index (κ3) is 4.36. The fourth-order valence-electron chi connectivity index (χ4n) is 1.97. The number of aliphatic hydroxyl groups excluding tert-OH is 2. The van der Waals surface area contributed by atoms with Crippen molar-refractivity contribution >= 4 is 18.1 Å². The third-order valence-corrected chi connectivity index (χ3v) is 3.09. The van der Waals surface area contributed by atoms with E-state index in [2.05, 4.69) is 21.3 Å². The highest BCUT2D eigenvalue weighted by Gasteiger charge is 2.43. The smallest absolute Gasteiger partial charge is 0.323 e. The van der Waals surface area contributed by atoms with Crippen molar-refractivity contribution in [1.82, 2.24) is 31.1 Å². The second-order valence-corrected chi connectivity index (χ2v) is 4.64. The molecule has 0 aliphatic carbocycles. The van der Waals surface area contributed by atoms with Crippen molar-refractivity contribution in [2.24, 2.45) is 0 Å². The number of hydrogen-bond acceptors (Lipinski definition) is 5. The predicted molar refractivity (Wildman–Crippen MR) is 75.7 cm³/mol. The molecule has 1 heterocycles. The number of urea groups is 3. The standard InChI is InChI=1S/C11H22N6O5/c1-16-7(14-9(20)12-3-5-18)8(17(2)11(16)22)15-10(21)13-4-6-19/h7-8,18-19H,3-6H2,1-2H3,(H2,12,14,20)(H2,13,15,21)/t7-,8-/m1/s1. The van der Waals surface area contributed by atoms with Crippen LogP contribution in [0.2, 0.25) is 0 Å². The molecule has 0 unspecified atom stereocenters. The second-order valence-electron chi connectivity index (χ2n) is 4.64. The molecule has 11 heteroatoms. The molecular weight excluding hydrogens is 296 g/mol. The van der Waals surface area contributed by atoms with Crippen LogP contribution in [0.4, 0.5) is 14.4 Å². The van der Waals surface area contributed by atoms with Gasteiger partial charge in [0.05, 0.1) is 13.2 Å². The summed E-state index contributed by atoms with van der Waals surface area (Å²) in [7, 11) is 2.98. The number of amides is 6. The molecule has 0 bridgehead atoms. The number of carbonyl (C=O) groups is 3. The van der Waals surface area contributed by atoms with E-state index >= 15 is 0 Å². The lowest BCUT2D eigenvalue weighted by molar-refractivity contribution is 0.190. The maximum atomic E-state index is 11.9. The Balaban J connectivity index is 2.70. The molecule has 1 aliphatic rings. The van der Waals surface area contributed by atoms with E-state index in [4.69, 9.17) is 10.2 Å². The molecule has 6 N–H and O–H groups in total. The van der Waals surface area contributed by atoms with Crippen LogP contribution < -0.4 is 21.3 Å². The topological polar surface area (TPSA) is 146 Å². The summed E-state index contributed by atoms with van der Waals surface area (Å²) in [6.45, 7) is -0.279. The molecule has 0 aromatic heterocycles. The van der Waals surface area contributed by atoms with E-state index in [1.54, 1.807) is 0 Å². The molecule has 0 aromatic carbocycles. The van der Waals surface area contributed by atoms with Crippen molar-refractivity contribution < 1.29 is 24.6 Å². The normalized spacial score (nSPS) is 20.8. The summed E-state index contributed by atoms with van der Waals surface area (Å²) in [5, 5.41) is 27.2. The van der Waals surface area contributed by atoms with E-state index in [0.717, 1.165) is 0 Å². The van der Waals surface area contributed by atoms with Gasteiger partial charge in [-0.05, 0) is 0 Å². The Kier molecular flexibility index (Phi) is 6.66. The number of nitrogens with zero attached hydrogens (tertiary/aromatic N) is 2. The average molecular weight is 318 g/mol. The van der Waals surface area contributed by atoms with Gasteiger partial charge in [-0.15, -0.1) is 0 Å². The minimum Gasteiger partial charge on any atom is -0.395 e. The highest BCUT2D eigenvalue weighted by Crippen LogP contribution is 2.15. The predicted octanol–water partition coefficient (Wildman–Crippen LogP) is -2.78. The number of aliphatic hydroxyl groups is 2. The summed E-state index contributed by atoms with van der Waals surface area (Å²) in [5.41, 5.74) is 0. The van der Waals surface area contributed by atoms with Gasteiger partial charge in [0.1, 0.15) is 12.3 Å². The fraction of sp³-hybridized carbons (Fsp3) is 0.727. The van der Waals surface area contributed by atoms with E-state index in [0.29, 0.717) is 0 Å². The van der Waals surface area contributed by atoms with Gasteiger partial charge in [0.15, 0.2) is 0 Å². The fourth-order valence-corrected chi connectivity index (χ4v) is 1.97. The summed E-state index contributed by atoms with van der Waals surface area (Å²) < 4.78 is 0. The third-order valence-electron chi connectivity index (χ3n) is 3.09.